The van der Waals surface area contributed by atoms with E-state index < -0.39 is 0 Å². The molecule has 0 saturated heterocycles. The summed E-state index contributed by atoms with van der Waals surface area (Å²) >= 11 is 6.11. The fraction of sp³-hybridized carbons (Fsp3) is 0.667. The second kappa shape index (κ2) is 6.53. The Hall–Kier alpha value is -1.16. The lowest BCUT2D eigenvalue weighted by atomic mass is 9.94. The molecule has 1 fully saturated rings. The molecule has 1 amide bonds. The number of carbonyl (C=O) groups excluding carboxylic acids is 1. The number of rotatable bonds is 3. The van der Waals surface area contributed by atoms with Crippen molar-refractivity contribution < 1.29 is 4.79 Å². The first-order chi connectivity index (χ1) is 9.50. The summed E-state index contributed by atoms with van der Waals surface area (Å²) in [6.07, 6.45) is 7.33. The Morgan fingerprint density at radius 2 is 2.00 bits per heavy atom. The maximum atomic E-state index is 12.6. The van der Waals surface area contributed by atoms with E-state index in [2.05, 4.69) is 9.97 Å². The Morgan fingerprint density at radius 1 is 1.35 bits per heavy atom. The first kappa shape index (κ1) is 15.2. The molecule has 20 heavy (non-hydrogen) atoms. The topological polar surface area (TPSA) is 46.1 Å². The Morgan fingerprint density at radius 3 is 2.60 bits per heavy atom. The van der Waals surface area contributed by atoms with Crippen molar-refractivity contribution in [2.24, 2.45) is 0 Å². The van der Waals surface area contributed by atoms with Crippen LogP contribution in [0.25, 0.3) is 0 Å². The molecule has 0 radical (unpaired) electrons. The number of nitrogens with zero attached hydrogens (tertiary/aromatic N) is 3. The van der Waals surface area contributed by atoms with Gasteiger partial charge in [-0.15, -0.1) is 0 Å². The van der Waals surface area contributed by atoms with Gasteiger partial charge >= 0.3 is 0 Å². The Labute approximate surface area is 125 Å². The van der Waals surface area contributed by atoms with E-state index in [-0.39, 0.29) is 11.8 Å². The zero-order valence-corrected chi connectivity index (χ0v) is 13.2. The van der Waals surface area contributed by atoms with Crippen LogP contribution in [0.15, 0.2) is 6.20 Å². The summed E-state index contributed by atoms with van der Waals surface area (Å²) < 4.78 is 0. The van der Waals surface area contributed by atoms with Gasteiger partial charge in [0.25, 0.3) is 5.91 Å². The van der Waals surface area contributed by atoms with Crippen molar-refractivity contribution in [3.63, 3.8) is 0 Å². The van der Waals surface area contributed by atoms with E-state index in [1.807, 2.05) is 20.9 Å². The predicted octanol–water partition coefficient (Wildman–Crippen LogP) is 3.66. The number of hydrogen-bond donors (Lipinski definition) is 0. The predicted molar refractivity (Wildman–Crippen MR) is 80.1 cm³/mol. The van der Waals surface area contributed by atoms with Gasteiger partial charge < -0.3 is 4.90 Å². The smallest absolute Gasteiger partial charge is 0.274 e. The molecule has 0 bridgehead atoms. The third-order valence-corrected chi connectivity index (χ3v) is 4.20. The summed E-state index contributed by atoms with van der Waals surface area (Å²) in [6, 6.07) is 0.310. The SMILES string of the molecule is CC(C)c1ncc(Cl)c(C(=O)N(C)C2CCCCC2)n1. The van der Waals surface area contributed by atoms with Gasteiger partial charge in [-0.25, -0.2) is 9.97 Å². The molecule has 1 aromatic rings. The van der Waals surface area contributed by atoms with Crippen LogP contribution in [0.1, 0.15) is 68.2 Å². The highest BCUT2D eigenvalue weighted by Crippen LogP contribution is 2.24. The minimum atomic E-state index is -0.0915. The van der Waals surface area contributed by atoms with Gasteiger partial charge in [-0.1, -0.05) is 44.7 Å². The van der Waals surface area contributed by atoms with Crippen molar-refractivity contribution >= 4 is 17.5 Å². The summed E-state index contributed by atoms with van der Waals surface area (Å²) in [6.45, 7) is 4.00. The van der Waals surface area contributed by atoms with Crippen LogP contribution in [-0.4, -0.2) is 33.9 Å². The molecule has 4 nitrogen and oxygen atoms in total. The number of carbonyl (C=O) groups is 1. The summed E-state index contributed by atoms with van der Waals surface area (Å²) in [5, 5.41) is 0.335. The molecule has 0 spiro atoms. The van der Waals surface area contributed by atoms with E-state index in [1.165, 1.54) is 25.5 Å². The van der Waals surface area contributed by atoms with Crippen molar-refractivity contribution in [3.05, 3.63) is 22.7 Å². The summed E-state index contributed by atoms with van der Waals surface area (Å²) in [7, 11) is 1.85. The van der Waals surface area contributed by atoms with Gasteiger partial charge in [-0.05, 0) is 12.8 Å². The maximum absolute atomic E-state index is 12.6. The normalized spacial score (nSPS) is 16.4. The van der Waals surface area contributed by atoms with Gasteiger partial charge in [0.05, 0.1) is 11.2 Å². The third kappa shape index (κ3) is 3.29. The first-order valence-corrected chi connectivity index (χ1v) is 7.68. The molecule has 110 valence electrons. The highest BCUT2D eigenvalue weighted by atomic mass is 35.5. The molecule has 1 aromatic heterocycles. The monoisotopic (exact) mass is 295 g/mol. The molecule has 0 aliphatic heterocycles. The summed E-state index contributed by atoms with van der Waals surface area (Å²) in [5.41, 5.74) is 0.332. The standard InChI is InChI=1S/C15H22ClN3O/c1-10(2)14-17-9-12(16)13(18-14)15(20)19(3)11-7-5-4-6-8-11/h9-11H,4-8H2,1-3H3. The molecular weight excluding hydrogens is 274 g/mol. The lowest BCUT2D eigenvalue weighted by Gasteiger charge is -2.31. The van der Waals surface area contributed by atoms with Crippen LogP contribution in [0.4, 0.5) is 0 Å². The molecule has 1 saturated carbocycles. The minimum Gasteiger partial charge on any atom is -0.337 e. The average molecular weight is 296 g/mol. The zero-order valence-electron chi connectivity index (χ0n) is 12.4. The van der Waals surface area contributed by atoms with Crippen LogP contribution in [0.5, 0.6) is 0 Å². The number of aromatic nitrogens is 2. The van der Waals surface area contributed by atoms with Crippen molar-refractivity contribution in [1.82, 2.24) is 14.9 Å². The second-order valence-electron chi connectivity index (χ2n) is 5.79. The van der Waals surface area contributed by atoms with Gasteiger partial charge in [0.1, 0.15) is 5.82 Å². The molecule has 1 aliphatic rings. The van der Waals surface area contributed by atoms with Crippen molar-refractivity contribution in [2.75, 3.05) is 7.05 Å². The van der Waals surface area contributed by atoms with Gasteiger partial charge in [0.2, 0.25) is 0 Å². The van der Waals surface area contributed by atoms with E-state index in [0.717, 1.165) is 12.8 Å². The van der Waals surface area contributed by atoms with Gasteiger partial charge in [0, 0.05) is 19.0 Å². The van der Waals surface area contributed by atoms with Crippen molar-refractivity contribution in [2.45, 2.75) is 57.9 Å². The van der Waals surface area contributed by atoms with E-state index >= 15 is 0 Å². The fourth-order valence-electron chi connectivity index (χ4n) is 2.61. The van der Waals surface area contributed by atoms with E-state index in [1.54, 1.807) is 4.90 Å². The Balaban J connectivity index is 2.21. The highest BCUT2D eigenvalue weighted by molar-refractivity contribution is 6.33. The largest absolute Gasteiger partial charge is 0.337 e. The fourth-order valence-corrected chi connectivity index (χ4v) is 2.78. The van der Waals surface area contributed by atoms with Crippen LogP contribution < -0.4 is 0 Å². The first-order valence-electron chi connectivity index (χ1n) is 7.30. The van der Waals surface area contributed by atoms with Crippen LogP contribution in [0.2, 0.25) is 5.02 Å². The highest BCUT2D eigenvalue weighted by Gasteiger charge is 2.26. The lowest BCUT2D eigenvalue weighted by molar-refractivity contribution is 0.0690. The third-order valence-electron chi connectivity index (χ3n) is 3.92. The molecular formula is C15H22ClN3O. The number of halogens is 1. The maximum Gasteiger partial charge on any atom is 0.274 e. The number of hydrogen-bond acceptors (Lipinski definition) is 3. The van der Waals surface area contributed by atoms with Crippen LogP contribution in [0, 0.1) is 0 Å². The molecule has 0 unspecified atom stereocenters. The van der Waals surface area contributed by atoms with Gasteiger partial charge in [-0.3, -0.25) is 4.79 Å². The van der Waals surface area contributed by atoms with E-state index in [4.69, 9.17) is 11.6 Å². The molecule has 5 heteroatoms. The van der Waals surface area contributed by atoms with E-state index in [0.29, 0.717) is 22.6 Å². The van der Waals surface area contributed by atoms with Crippen LogP contribution in [-0.2, 0) is 0 Å². The quantitative estimate of drug-likeness (QED) is 0.855. The molecule has 1 aliphatic carbocycles. The lowest BCUT2D eigenvalue weighted by Crippen LogP contribution is -2.39. The molecule has 2 rings (SSSR count). The average Bonchev–Trinajstić information content (AvgIpc) is 2.47. The van der Waals surface area contributed by atoms with E-state index in [9.17, 15) is 4.79 Å². The summed E-state index contributed by atoms with van der Waals surface area (Å²) in [4.78, 5) is 22.9. The molecule has 0 aromatic carbocycles. The Bertz CT molecular complexity index is 484. The number of amides is 1. The molecule has 0 N–H and O–H groups in total. The minimum absolute atomic E-state index is 0.0915. The van der Waals surface area contributed by atoms with Crippen LogP contribution in [0.3, 0.4) is 0 Å². The van der Waals surface area contributed by atoms with Crippen LogP contribution >= 0.6 is 11.6 Å². The Kier molecular flexibility index (Phi) is 4.97. The zero-order chi connectivity index (χ0) is 14.7. The van der Waals surface area contributed by atoms with Crippen molar-refractivity contribution in [1.29, 1.82) is 0 Å². The molecule has 0 atom stereocenters. The second-order valence-corrected chi connectivity index (χ2v) is 6.19. The summed E-state index contributed by atoms with van der Waals surface area (Å²) in [5.74, 6) is 0.750. The van der Waals surface area contributed by atoms with Gasteiger partial charge in [0.15, 0.2) is 5.69 Å². The van der Waals surface area contributed by atoms with Crippen molar-refractivity contribution in [3.8, 4) is 0 Å². The van der Waals surface area contributed by atoms with Gasteiger partial charge in [-0.2, -0.15) is 0 Å². The molecule has 1 heterocycles.